The van der Waals surface area contributed by atoms with Crippen LogP contribution in [0.5, 0.6) is 0 Å². The van der Waals surface area contributed by atoms with Crippen LogP contribution in [0.1, 0.15) is 5.56 Å². The summed E-state index contributed by atoms with van der Waals surface area (Å²) in [5.74, 6) is 2.02. The van der Waals surface area contributed by atoms with Crippen molar-refractivity contribution in [3.8, 4) is 0 Å². The van der Waals surface area contributed by atoms with Gasteiger partial charge in [0.1, 0.15) is 0 Å². The van der Waals surface area contributed by atoms with Gasteiger partial charge >= 0.3 is 0 Å². The van der Waals surface area contributed by atoms with Crippen molar-refractivity contribution in [2.24, 2.45) is 0 Å². The first-order valence-corrected chi connectivity index (χ1v) is 6.08. The van der Waals surface area contributed by atoms with Crippen molar-refractivity contribution in [2.45, 2.75) is 12.6 Å². The van der Waals surface area contributed by atoms with Gasteiger partial charge in [-0.2, -0.15) is 16.9 Å². The van der Waals surface area contributed by atoms with Crippen molar-refractivity contribution in [1.29, 1.82) is 0 Å². The monoisotopic (exact) mass is 226 g/mol. The summed E-state index contributed by atoms with van der Waals surface area (Å²) in [5.41, 5.74) is 0.992. The zero-order chi connectivity index (χ0) is 10.5. The van der Waals surface area contributed by atoms with Gasteiger partial charge in [-0.05, 0) is 0 Å². The van der Waals surface area contributed by atoms with Crippen LogP contribution in [0.25, 0.3) is 0 Å². The second kappa shape index (κ2) is 5.18. The molecule has 1 aromatic heterocycles. The summed E-state index contributed by atoms with van der Waals surface area (Å²) in [6, 6.07) is -0.0457. The number of hydrogen-bond donors (Lipinski definition) is 3. The number of nitrogens with one attached hydrogen (secondary N) is 3. The van der Waals surface area contributed by atoms with E-state index in [1.807, 2.05) is 11.8 Å². The van der Waals surface area contributed by atoms with Crippen molar-refractivity contribution >= 4 is 17.7 Å². The highest BCUT2D eigenvalue weighted by Crippen LogP contribution is 2.07. The maximum absolute atomic E-state index is 11.7. The van der Waals surface area contributed by atoms with Crippen LogP contribution in [0.4, 0.5) is 0 Å². The van der Waals surface area contributed by atoms with Crippen molar-refractivity contribution in [2.75, 3.05) is 18.1 Å². The number of aromatic amines is 1. The van der Waals surface area contributed by atoms with Gasteiger partial charge in [0, 0.05) is 36.4 Å². The van der Waals surface area contributed by atoms with Crippen molar-refractivity contribution in [3.05, 3.63) is 18.0 Å². The Bertz CT molecular complexity index is 308. The Morgan fingerprint density at radius 2 is 2.67 bits per heavy atom. The minimum Gasteiger partial charge on any atom is -0.351 e. The molecule has 5 nitrogen and oxygen atoms in total. The SMILES string of the molecule is O=C(NCc1cn[nH]c1)C1CSCCN1. The van der Waals surface area contributed by atoms with Gasteiger partial charge in [-0.3, -0.25) is 9.89 Å². The molecule has 1 unspecified atom stereocenters. The van der Waals surface area contributed by atoms with E-state index in [2.05, 4.69) is 20.8 Å². The lowest BCUT2D eigenvalue weighted by Crippen LogP contribution is -2.48. The number of H-pyrrole nitrogens is 1. The number of thioether (sulfide) groups is 1. The van der Waals surface area contributed by atoms with Crippen LogP contribution in [-0.4, -0.2) is 40.2 Å². The first-order chi connectivity index (χ1) is 7.36. The Morgan fingerprint density at radius 1 is 1.73 bits per heavy atom. The highest BCUT2D eigenvalue weighted by Gasteiger charge is 2.20. The zero-order valence-electron chi connectivity index (χ0n) is 8.32. The molecule has 1 saturated heterocycles. The molecule has 0 saturated carbocycles. The van der Waals surface area contributed by atoms with E-state index in [1.165, 1.54) is 0 Å². The highest BCUT2D eigenvalue weighted by atomic mass is 32.2. The lowest BCUT2D eigenvalue weighted by atomic mass is 10.3. The Balaban J connectivity index is 1.76. The minimum absolute atomic E-state index is 0.0457. The number of aromatic nitrogens is 2. The smallest absolute Gasteiger partial charge is 0.238 e. The summed E-state index contributed by atoms with van der Waals surface area (Å²) in [7, 11) is 0. The average Bonchev–Trinajstić information content (AvgIpc) is 2.80. The summed E-state index contributed by atoms with van der Waals surface area (Å²) in [5, 5.41) is 12.6. The Labute approximate surface area is 92.4 Å². The van der Waals surface area contributed by atoms with E-state index < -0.39 is 0 Å². The molecule has 1 amide bonds. The number of carbonyl (C=O) groups is 1. The highest BCUT2D eigenvalue weighted by molar-refractivity contribution is 7.99. The normalized spacial score (nSPS) is 21.2. The van der Waals surface area contributed by atoms with Crippen molar-refractivity contribution in [3.63, 3.8) is 0 Å². The molecular formula is C9H14N4OS. The Hall–Kier alpha value is -1.01. The fourth-order valence-corrected chi connectivity index (χ4v) is 2.35. The molecule has 1 atom stereocenters. The number of hydrogen-bond acceptors (Lipinski definition) is 4. The molecule has 82 valence electrons. The molecule has 0 radical (unpaired) electrons. The quantitative estimate of drug-likeness (QED) is 0.663. The zero-order valence-corrected chi connectivity index (χ0v) is 9.14. The third-order valence-electron chi connectivity index (χ3n) is 2.26. The number of amides is 1. The largest absolute Gasteiger partial charge is 0.351 e. The second-order valence-electron chi connectivity index (χ2n) is 3.41. The third-order valence-corrected chi connectivity index (χ3v) is 3.32. The molecule has 15 heavy (non-hydrogen) atoms. The van der Waals surface area contributed by atoms with Crippen LogP contribution in [0.15, 0.2) is 12.4 Å². The summed E-state index contributed by atoms with van der Waals surface area (Å²) in [6.07, 6.45) is 3.49. The Kier molecular flexibility index (Phi) is 3.63. The standard InChI is InChI=1S/C9H14N4OS/c14-9(8-6-15-2-1-10-8)11-3-7-4-12-13-5-7/h4-5,8,10H,1-3,6H2,(H,11,14)(H,12,13). The second-order valence-corrected chi connectivity index (χ2v) is 4.56. The first-order valence-electron chi connectivity index (χ1n) is 4.93. The van der Waals surface area contributed by atoms with E-state index in [-0.39, 0.29) is 11.9 Å². The molecule has 1 aromatic rings. The van der Waals surface area contributed by atoms with Crippen LogP contribution in [0.3, 0.4) is 0 Å². The van der Waals surface area contributed by atoms with Gasteiger partial charge < -0.3 is 10.6 Å². The van der Waals surface area contributed by atoms with Crippen LogP contribution in [0, 0.1) is 0 Å². The first kappa shape index (κ1) is 10.5. The summed E-state index contributed by atoms with van der Waals surface area (Å²) < 4.78 is 0. The molecule has 1 fully saturated rings. The predicted octanol–water partition coefficient (Wildman–Crippen LogP) is -0.269. The molecular weight excluding hydrogens is 212 g/mol. The van der Waals surface area contributed by atoms with E-state index in [0.717, 1.165) is 23.6 Å². The van der Waals surface area contributed by atoms with Crippen LogP contribution in [0.2, 0.25) is 0 Å². The van der Waals surface area contributed by atoms with E-state index in [4.69, 9.17) is 0 Å². The summed E-state index contributed by atoms with van der Waals surface area (Å²) in [4.78, 5) is 11.7. The van der Waals surface area contributed by atoms with Gasteiger partial charge in [0.15, 0.2) is 0 Å². The van der Waals surface area contributed by atoms with Gasteiger partial charge in [-0.25, -0.2) is 0 Å². The molecule has 0 aliphatic carbocycles. The van der Waals surface area contributed by atoms with Crippen LogP contribution < -0.4 is 10.6 Å². The minimum atomic E-state index is -0.0457. The van der Waals surface area contributed by atoms with E-state index in [1.54, 1.807) is 12.4 Å². The topological polar surface area (TPSA) is 69.8 Å². The van der Waals surface area contributed by atoms with Crippen molar-refractivity contribution in [1.82, 2.24) is 20.8 Å². The number of rotatable bonds is 3. The fraction of sp³-hybridized carbons (Fsp3) is 0.556. The maximum atomic E-state index is 11.7. The number of carbonyl (C=O) groups excluding carboxylic acids is 1. The van der Waals surface area contributed by atoms with E-state index >= 15 is 0 Å². The maximum Gasteiger partial charge on any atom is 0.238 e. The van der Waals surface area contributed by atoms with Gasteiger partial charge in [0.2, 0.25) is 5.91 Å². The number of nitrogens with zero attached hydrogens (tertiary/aromatic N) is 1. The van der Waals surface area contributed by atoms with Gasteiger partial charge in [-0.15, -0.1) is 0 Å². The summed E-state index contributed by atoms with van der Waals surface area (Å²) >= 11 is 1.81. The summed E-state index contributed by atoms with van der Waals surface area (Å²) in [6.45, 7) is 1.45. The lowest BCUT2D eigenvalue weighted by Gasteiger charge is -2.21. The third kappa shape index (κ3) is 2.97. The van der Waals surface area contributed by atoms with Crippen LogP contribution >= 0.6 is 11.8 Å². The fourth-order valence-electron chi connectivity index (χ4n) is 1.42. The van der Waals surface area contributed by atoms with Gasteiger partial charge in [0.25, 0.3) is 0 Å². The van der Waals surface area contributed by atoms with E-state index in [0.29, 0.717) is 6.54 Å². The molecule has 0 spiro atoms. The van der Waals surface area contributed by atoms with Crippen LogP contribution in [-0.2, 0) is 11.3 Å². The molecule has 0 bridgehead atoms. The molecule has 3 N–H and O–H groups in total. The molecule has 1 aliphatic rings. The van der Waals surface area contributed by atoms with Crippen molar-refractivity contribution < 1.29 is 4.79 Å². The molecule has 1 aliphatic heterocycles. The van der Waals surface area contributed by atoms with Gasteiger partial charge in [-0.1, -0.05) is 0 Å². The molecule has 2 rings (SSSR count). The predicted molar refractivity (Wildman–Crippen MR) is 59.6 cm³/mol. The Morgan fingerprint density at radius 3 is 3.33 bits per heavy atom. The van der Waals surface area contributed by atoms with Gasteiger partial charge in [0.05, 0.1) is 12.2 Å². The molecule has 2 heterocycles. The molecule has 6 heteroatoms. The lowest BCUT2D eigenvalue weighted by molar-refractivity contribution is -0.122. The average molecular weight is 226 g/mol. The van der Waals surface area contributed by atoms with E-state index in [9.17, 15) is 4.79 Å². The molecule has 0 aromatic carbocycles.